The SMILES string of the molecule is CC1(C)CC(=O)C2=C(C1)OC(C(F)(F)F)=C(C(=O)O)C2(C)c1ccccc1. The zero-order chi connectivity index (χ0) is 20.2. The molecule has 0 bridgehead atoms. The van der Waals surface area contributed by atoms with Gasteiger partial charge in [-0.05, 0) is 17.9 Å². The molecule has 0 amide bonds. The van der Waals surface area contributed by atoms with Crippen LogP contribution >= 0.6 is 0 Å². The molecule has 144 valence electrons. The molecule has 1 aliphatic carbocycles. The molecule has 2 aliphatic rings. The summed E-state index contributed by atoms with van der Waals surface area (Å²) in [6.07, 6.45) is -4.79. The molecule has 1 aliphatic heterocycles. The summed E-state index contributed by atoms with van der Waals surface area (Å²) in [5, 5.41) is 9.68. The number of ketones is 1. The minimum absolute atomic E-state index is 0.00146. The fraction of sp³-hybridized carbons (Fsp3) is 0.400. The van der Waals surface area contributed by atoms with Gasteiger partial charge < -0.3 is 9.84 Å². The number of carbonyl (C=O) groups excluding carboxylic acids is 1. The number of carboxylic acid groups (broad SMARTS) is 1. The van der Waals surface area contributed by atoms with Crippen LogP contribution in [0.15, 0.2) is 53.0 Å². The Kier molecular flexibility index (Phi) is 4.25. The highest BCUT2D eigenvalue weighted by Crippen LogP contribution is 2.54. The molecule has 0 spiro atoms. The van der Waals surface area contributed by atoms with Gasteiger partial charge in [-0.1, -0.05) is 44.2 Å². The van der Waals surface area contributed by atoms with E-state index in [2.05, 4.69) is 0 Å². The van der Waals surface area contributed by atoms with E-state index < -0.39 is 40.1 Å². The third-order valence-corrected chi connectivity index (χ3v) is 5.11. The van der Waals surface area contributed by atoms with Crippen molar-refractivity contribution in [2.24, 2.45) is 5.41 Å². The van der Waals surface area contributed by atoms with Crippen molar-refractivity contribution < 1.29 is 32.6 Å². The van der Waals surface area contributed by atoms with Gasteiger partial charge in [-0.2, -0.15) is 13.2 Å². The van der Waals surface area contributed by atoms with Crippen LogP contribution in [0.4, 0.5) is 13.2 Å². The second-order valence-corrected chi connectivity index (χ2v) is 7.84. The van der Waals surface area contributed by atoms with E-state index in [9.17, 15) is 27.9 Å². The summed E-state index contributed by atoms with van der Waals surface area (Å²) in [5.41, 5.74) is -3.01. The number of carboxylic acids is 1. The summed E-state index contributed by atoms with van der Waals surface area (Å²) in [6.45, 7) is 4.88. The van der Waals surface area contributed by atoms with Crippen LogP contribution < -0.4 is 0 Å². The van der Waals surface area contributed by atoms with E-state index in [1.807, 2.05) is 0 Å². The number of allylic oxidation sites excluding steroid dienone is 3. The van der Waals surface area contributed by atoms with Gasteiger partial charge in [0.2, 0.25) is 5.76 Å². The summed E-state index contributed by atoms with van der Waals surface area (Å²) in [6, 6.07) is 7.92. The number of aliphatic carboxylic acids is 1. The van der Waals surface area contributed by atoms with Crippen molar-refractivity contribution >= 4 is 11.8 Å². The van der Waals surface area contributed by atoms with Crippen molar-refractivity contribution in [2.45, 2.75) is 45.2 Å². The third-order valence-electron chi connectivity index (χ3n) is 5.11. The Bertz CT molecular complexity index is 878. The molecule has 4 nitrogen and oxygen atoms in total. The first kappa shape index (κ1) is 19.2. The smallest absolute Gasteiger partial charge is 0.450 e. The number of halogens is 3. The first-order valence-electron chi connectivity index (χ1n) is 8.43. The van der Waals surface area contributed by atoms with Gasteiger partial charge >= 0.3 is 12.1 Å². The second-order valence-electron chi connectivity index (χ2n) is 7.84. The standard InChI is InChI=1S/C20H19F3O4/c1-18(2)9-12(24)14-13(10-18)27-16(20(21,22)23)15(17(25)26)19(14,3)11-7-5-4-6-8-11/h4-8H,9-10H2,1-3H3,(H,25,26). The first-order chi connectivity index (χ1) is 12.4. The highest BCUT2D eigenvalue weighted by atomic mass is 19.4. The first-order valence-corrected chi connectivity index (χ1v) is 8.43. The van der Waals surface area contributed by atoms with Crippen LogP contribution in [0.25, 0.3) is 0 Å². The van der Waals surface area contributed by atoms with Gasteiger partial charge in [0.15, 0.2) is 5.78 Å². The molecule has 0 aromatic heterocycles. The Morgan fingerprint density at radius 3 is 2.22 bits per heavy atom. The predicted molar refractivity (Wildman–Crippen MR) is 90.6 cm³/mol. The van der Waals surface area contributed by atoms with Crippen molar-refractivity contribution in [3.8, 4) is 0 Å². The summed E-state index contributed by atoms with van der Waals surface area (Å²) in [5.74, 6) is -3.82. The fourth-order valence-corrected chi connectivity index (χ4v) is 4.01. The Labute approximate surface area is 154 Å². The van der Waals surface area contributed by atoms with Crippen LogP contribution in [-0.4, -0.2) is 23.0 Å². The average molecular weight is 380 g/mol. The lowest BCUT2D eigenvalue weighted by atomic mass is 9.62. The number of rotatable bonds is 2. The third kappa shape index (κ3) is 3.05. The van der Waals surface area contributed by atoms with E-state index in [1.54, 1.807) is 32.0 Å². The molecular weight excluding hydrogens is 361 g/mol. The van der Waals surface area contributed by atoms with Crippen LogP contribution in [0.1, 0.15) is 39.2 Å². The maximum absolute atomic E-state index is 13.7. The van der Waals surface area contributed by atoms with Crippen molar-refractivity contribution in [1.82, 2.24) is 0 Å². The van der Waals surface area contributed by atoms with Gasteiger partial charge in [-0.3, -0.25) is 4.79 Å². The van der Waals surface area contributed by atoms with Gasteiger partial charge in [0.25, 0.3) is 0 Å². The predicted octanol–water partition coefficient (Wildman–Crippen LogP) is 4.52. The maximum atomic E-state index is 13.7. The number of hydrogen-bond acceptors (Lipinski definition) is 3. The van der Waals surface area contributed by atoms with Crippen molar-refractivity contribution in [3.63, 3.8) is 0 Å². The Balaban J connectivity index is 2.39. The van der Waals surface area contributed by atoms with E-state index in [0.29, 0.717) is 5.56 Å². The average Bonchev–Trinajstić information content (AvgIpc) is 2.52. The second kappa shape index (κ2) is 5.97. The molecule has 0 radical (unpaired) electrons. The van der Waals surface area contributed by atoms with Crippen LogP contribution in [0.5, 0.6) is 0 Å². The Morgan fingerprint density at radius 1 is 1.11 bits per heavy atom. The molecule has 1 N–H and O–H groups in total. The summed E-state index contributed by atoms with van der Waals surface area (Å²) < 4.78 is 46.2. The topological polar surface area (TPSA) is 63.6 Å². The Hall–Kier alpha value is -2.57. The summed E-state index contributed by atoms with van der Waals surface area (Å²) in [4.78, 5) is 24.9. The lowest BCUT2D eigenvalue weighted by Gasteiger charge is -2.44. The van der Waals surface area contributed by atoms with E-state index in [0.717, 1.165) is 0 Å². The minimum Gasteiger partial charge on any atom is -0.478 e. The molecular formula is C20H19F3O4. The normalized spacial score (nSPS) is 25.2. The molecule has 7 heteroatoms. The molecule has 0 fully saturated rings. The fourth-order valence-electron chi connectivity index (χ4n) is 4.01. The molecule has 3 rings (SSSR count). The highest BCUT2D eigenvalue weighted by Gasteiger charge is 2.56. The van der Waals surface area contributed by atoms with E-state index in [1.165, 1.54) is 19.1 Å². The van der Waals surface area contributed by atoms with Crippen molar-refractivity contribution in [1.29, 1.82) is 0 Å². The highest BCUT2D eigenvalue weighted by molar-refractivity contribution is 6.05. The van der Waals surface area contributed by atoms with E-state index in [4.69, 9.17) is 4.74 Å². The Morgan fingerprint density at radius 2 is 1.70 bits per heavy atom. The molecule has 1 aromatic rings. The van der Waals surface area contributed by atoms with Gasteiger partial charge in [0, 0.05) is 18.4 Å². The molecule has 1 heterocycles. The zero-order valence-electron chi connectivity index (χ0n) is 15.1. The van der Waals surface area contributed by atoms with Gasteiger partial charge in [0.1, 0.15) is 5.76 Å². The molecule has 0 saturated carbocycles. The maximum Gasteiger partial charge on any atom is 0.450 e. The van der Waals surface area contributed by atoms with E-state index >= 15 is 0 Å². The van der Waals surface area contributed by atoms with Gasteiger partial charge in [-0.25, -0.2) is 4.79 Å². The quantitative estimate of drug-likeness (QED) is 0.820. The van der Waals surface area contributed by atoms with Gasteiger partial charge in [-0.15, -0.1) is 0 Å². The zero-order valence-corrected chi connectivity index (χ0v) is 15.1. The van der Waals surface area contributed by atoms with Crippen LogP contribution in [-0.2, 0) is 19.7 Å². The number of carbonyl (C=O) groups is 2. The van der Waals surface area contributed by atoms with Gasteiger partial charge in [0.05, 0.1) is 11.0 Å². The lowest BCUT2D eigenvalue weighted by molar-refractivity contribution is -0.143. The molecule has 1 unspecified atom stereocenters. The molecule has 0 saturated heterocycles. The van der Waals surface area contributed by atoms with Crippen LogP contribution in [0.3, 0.4) is 0 Å². The van der Waals surface area contributed by atoms with Crippen LogP contribution in [0, 0.1) is 5.41 Å². The largest absolute Gasteiger partial charge is 0.478 e. The van der Waals surface area contributed by atoms with Crippen LogP contribution in [0.2, 0.25) is 0 Å². The minimum atomic E-state index is -5.01. The number of Topliss-reactive ketones (excluding diaryl/α,β-unsaturated/α-hetero) is 1. The number of ether oxygens (including phenoxy) is 1. The van der Waals surface area contributed by atoms with E-state index in [-0.39, 0.29) is 24.2 Å². The van der Waals surface area contributed by atoms with Crippen molar-refractivity contribution in [3.05, 3.63) is 58.6 Å². The number of alkyl halides is 3. The number of hydrogen-bond donors (Lipinski definition) is 1. The summed E-state index contributed by atoms with van der Waals surface area (Å²) >= 11 is 0. The lowest BCUT2D eigenvalue weighted by Crippen LogP contribution is -2.45. The molecule has 1 atom stereocenters. The summed E-state index contributed by atoms with van der Waals surface area (Å²) in [7, 11) is 0. The molecule has 27 heavy (non-hydrogen) atoms. The van der Waals surface area contributed by atoms with Crippen molar-refractivity contribution in [2.75, 3.05) is 0 Å². The monoisotopic (exact) mass is 380 g/mol. The number of benzene rings is 1. The molecule has 1 aromatic carbocycles.